The number of nitrogens with zero attached hydrogens (tertiary/aromatic N) is 1. The Kier molecular flexibility index (Phi) is 9.58. The molecule has 0 spiro atoms. The van der Waals surface area contributed by atoms with Gasteiger partial charge in [0.2, 0.25) is 0 Å². The van der Waals surface area contributed by atoms with Gasteiger partial charge in [-0.1, -0.05) is 51.9 Å². The van der Waals surface area contributed by atoms with Crippen LogP contribution in [0.1, 0.15) is 64.0 Å². The molecular weight excluding hydrogens is 286 g/mol. The first-order valence-corrected chi connectivity index (χ1v) is 8.98. The van der Waals surface area contributed by atoms with Gasteiger partial charge in [0.1, 0.15) is 0 Å². The number of hydrogen-bond donors (Lipinski definition) is 2. The molecule has 1 rings (SSSR count). The fourth-order valence-corrected chi connectivity index (χ4v) is 2.97. The summed E-state index contributed by atoms with van der Waals surface area (Å²) in [6.07, 6.45) is 10.7. The van der Waals surface area contributed by atoms with Gasteiger partial charge in [-0.05, 0) is 25.6 Å². The fraction of sp³-hybridized carbons (Fsp3) is 0.733. The van der Waals surface area contributed by atoms with Crippen LogP contribution in [0.5, 0.6) is 0 Å². The Balaban J connectivity index is 1.92. The van der Waals surface area contributed by atoms with Crippen molar-refractivity contribution in [2.75, 3.05) is 11.9 Å². The van der Waals surface area contributed by atoms with E-state index in [2.05, 4.69) is 22.5 Å². The van der Waals surface area contributed by atoms with E-state index >= 15 is 0 Å². The lowest BCUT2D eigenvalue weighted by molar-refractivity contribution is 0.573. The second-order valence-electron chi connectivity index (χ2n) is 5.15. The molecule has 0 aliphatic heterocycles. The molecule has 1 heterocycles. The molecule has 1 aromatic rings. The minimum Gasteiger partial charge on any atom is -0.362 e. The van der Waals surface area contributed by atoms with Crippen LogP contribution in [-0.4, -0.2) is 16.6 Å². The first kappa shape index (κ1) is 17.4. The summed E-state index contributed by atoms with van der Waals surface area (Å²) in [4.78, 5) is 4.32. The molecule has 5 heteroatoms. The van der Waals surface area contributed by atoms with Gasteiger partial charge in [-0.15, -0.1) is 11.3 Å². The van der Waals surface area contributed by atoms with Crippen LogP contribution in [0.15, 0.2) is 5.38 Å². The Morgan fingerprint density at radius 3 is 2.40 bits per heavy atom. The number of thiazole rings is 1. The highest BCUT2D eigenvalue weighted by molar-refractivity contribution is 7.80. The van der Waals surface area contributed by atoms with E-state index in [1.807, 2.05) is 12.3 Å². The summed E-state index contributed by atoms with van der Waals surface area (Å²) < 4.78 is 0. The SMILES string of the molecule is CCCCCCCCCCNC(=S)Nc1nc(C)cs1. The van der Waals surface area contributed by atoms with E-state index in [0.29, 0.717) is 5.11 Å². The quantitative estimate of drug-likeness (QED) is 0.477. The molecule has 0 saturated heterocycles. The molecule has 0 radical (unpaired) electrons. The third-order valence-electron chi connectivity index (χ3n) is 3.16. The smallest absolute Gasteiger partial charge is 0.189 e. The van der Waals surface area contributed by atoms with Crippen molar-refractivity contribution in [2.24, 2.45) is 0 Å². The van der Waals surface area contributed by atoms with Crippen LogP contribution in [0.2, 0.25) is 0 Å². The average molecular weight is 314 g/mol. The molecule has 0 saturated carbocycles. The van der Waals surface area contributed by atoms with Crippen LogP contribution in [0.3, 0.4) is 0 Å². The summed E-state index contributed by atoms with van der Waals surface area (Å²) in [5, 5.41) is 9.93. The largest absolute Gasteiger partial charge is 0.362 e. The number of hydrogen-bond acceptors (Lipinski definition) is 3. The lowest BCUT2D eigenvalue weighted by Gasteiger charge is -2.08. The highest BCUT2D eigenvalue weighted by atomic mass is 32.1. The molecular formula is C15H27N3S2. The Morgan fingerprint density at radius 2 is 1.80 bits per heavy atom. The molecule has 2 N–H and O–H groups in total. The summed E-state index contributed by atoms with van der Waals surface area (Å²) in [7, 11) is 0. The molecule has 0 bridgehead atoms. The second-order valence-corrected chi connectivity index (χ2v) is 6.42. The van der Waals surface area contributed by atoms with Crippen molar-refractivity contribution in [3.05, 3.63) is 11.1 Å². The monoisotopic (exact) mass is 313 g/mol. The maximum absolute atomic E-state index is 5.24. The van der Waals surface area contributed by atoms with Gasteiger partial charge in [-0.2, -0.15) is 0 Å². The minimum absolute atomic E-state index is 0.683. The Labute approximate surface area is 132 Å². The van der Waals surface area contributed by atoms with Crippen molar-refractivity contribution in [3.63, 3.8) is 0 Å². The van der Waals surface area contributed by atoms with Crippen LogP contribution in [-0.2, 0) is 0 Å². The van der Waals surface area contributed by atoms with Gasteiger partial charge in [0.05, 0.1) is 5.69 Å². The Bertz CT molecular complexity index is 377. The van der Waals surface area contributed by atoms with Gasteiger partial charge in [0.25, 0.3) is 0 Å². The molecule has 0 atom stereocenters. The van der Waals surface area contributed by atoms with E-state index in [1.165, 1.54) is 51.4 Å². The average Bonchev–Trinajstić information content (AvgIpc) is 2.82. The zero-order valence-electron chi connectivity index (χ0n) is 12.7. The van der Waals surface area contributed by atoms with E-state index in [1.54, 1.807) is 11.3 Å². The fourth-order valence-electron chi connectivity index (χ4n) is 2.01. The predicted octanol–water partition coefficient (Wildman–Crippen LogP) is 4.88. The molecule has 0 amide bonds. The van der Waals surface area contributed by atoms with Gasteiger partial charge in [-0.25, -0.2) is 4.98 Å². The van der Waals surface area contributed by atoms with E-state index < -0.39 is 0 Å². The van der Waals surface area contributed by atoms with E-state index in [0.717, 1.165) is 17.4 Å². The van der Waals surface area contributed by atoms with E-state index in [4.69, 9.17) is 12.2 Å². The zero-order valence-corrected chi connectivity index (χ0v) is 14.3. The maximum atomic E-state index is 5.24. The van der Waals surface area contributed by atoms with Crippen molar-refractivity contribution in [2.45, 2.75) is 65.2 Å². The van der Waals surface area contributed by atoms with Gasteiger partial charge in [-0.3, -0.25) is 0 Å². The highest BCUT2D eigenvalue weighted by Crippen LogP contribution is 2.14. The van der Waals surface area contributed by atoms with Gasteiger partial charge in [0.15, 0.2) is 10.2 Å². The first-order valence-electron chi connectivity index (χ1n) is 7.69. The maximum Gasteiger partial charge on any atom is 0.189 e. The number of thiocarbonyl (C=S) groups is 1. The molecule has 0 aliphatic rings. The molecule has 0 aliphatic carbocycles. The summed E-state index contributed by atoms with van der Waals surface area (Å²) in [5.74, 6) is 0. The molecule has 0 fully saturated rings. The number of nitrogens with one attached hydrogen (secondary N) is 2. The van der Waals surface area contributed by atoms with E-state index in [-0.39, 0.29) is 0 Å². The second kappa shape index (κ2) is 11.0. The Morgan fingerprint density at radius 1 is 1.15 bits per heavy atom. The van der Waals surface area contributed by atoms with Crippen LogP contribution in [0, 0.1) is 6.92 Å². The number of aryl methyl sites for hydroxylation is 1. The van der Waals surface area contributed by atoms with Gasteiger partial charge in [0, 0.05) is 11.9 Å². The van der Waals surface area contributed by atoms with Crippen molar-refractivity contribution >= 4 is 33.8 Å². The van der Waals surface area contributed by atoms with Crippen molar-refractivity contribution in [1.29, 1.82) is 0 Å². The molecule has 20 heavy (non-hydrogen) atoms. The minimum atomic E-state index is 0.683. The van der Waals surface area contributed by atoms with Crippen molar-refractivity contribution in [3.8, 4) is 0 Å². The molecule has 3 nitrogen and oxygen atoms in total. The summed E-state index contributed by atoms with van der Waals surface area (Å²) in [5.41, 5.74) is 1.03. The Hall–Kier alpha value is -0.680. The normalized spacial score (nSPS) is 10.5. The van der Waals surface area contributed by atoms with Crippen LogP contribution in [0.25, 0.3) is 0 Å². The van der Waals surface area contributed by atoms with Crippen LogP contribution < -0.4 is 10.6 Å². The van der Waals surface area contributed by atoms with Crippen LogP contribution >= 0.6 is 23.6 Å². The van der Waals surface area contributed by atoms with Gasteiger partial charge >= 0.3 is 0 Å². The summed E-state index contributed by atoms with van der Waals surface area (Å²) >= 11 is 6.82. The first-order chi connectivity index (χ1) is 9.72. The van der Waals surface area contributed by atoms with Crippen LogP contribution in [0.4, 0.5) is 5.13 Å². The standard InChI is InChI=1S/C15H27N3S2/c1-3-4-5-6-7-8-9-10-11-16-14(19)18-15-17-13(2)12-20-15/h12H,3-11H2,1-2H3,(H2,16,17,18,19). The predicted molar refractivity (Wildman–Crippen MR) is 93.7 cm³/mol. The van der Waals surface area contributed by atoms with Gasteiger partial charge < -0.3 is 10.6 Å². The zero-order chi connectivity index (χ0) is 14.6. The third kappa shape index (κ3) is 8.48. The lowest BCUT2D eigenvalue weighted by Crippen LogP contribution is -2.29. The summed E-state index contributed by atoms with van der Waals surface area (Å²) in [6.45, 7) is 5.19. The number of unbranched alkanes of at least 4 members (excludes halogenated alkanes) is 7. The number of rotatable bonds is 10. The van der Waals surface area contributed by atoms with Crippen molar-refractivity contribution in [1.82, 2.24) is 10.3 Å². The topological polar surface area (TPSA) is 37.0 Å². The van der Waals surface area contributed by atoms with Crippen molar-refractivity contribution < 1.29 is 0 Å². The number of aromatic nitrogens is 1. The molecule has 0 unspecified atom stereocenters. The lowest BCUT2D eigenvalue weighted by atomic mass is 10.1. The third-order valence-corrected chi connectivity index (χ3v) is 4.28. The molecule has 114 valence electrons. The summed E-state index contributed by atoms with van der Waals surface area (Å²) in [6, 6.07) is 0. The highest BCUT2D eigenvalue weighted by Gasteiger charge is 2.00. The molecule has 0 aromatic carbocycles. The molecule has 1 aromatic heterocycles. The number of anilines is 1. The van der Waals surface area contributed by atoms with E-state index in [9.17, 15) is 0 Å².